The van der Waals surface area contributed by atoms with E-state index in [-0.39, 0.29) is 11.5 Å². The number of thiocarbonyl (C=S) groups is 1. The molecule has 0 unspecified atom stereocenters. The molecule has 9 nitrogen and oxygen atoms in total. The summed E-state index contributed by atoms with van der Waals surface area (Å²) in [5, 5.41) is 10.00. The number of rotatable bonds is 10. The third-order valence-corrected chi connectivity index (χ3v) is 9.23. The Labute approximate surface area is 270 Å². The molecule has 0 saturated carbocycles. The summed E-state index contributed by atoms with van der Waals surface area (Å²) in [5.41, 5.74) is 11.6. The molecule has 230 valence electrons. The number of carbonyl (C=O) groups excluding carboxylic acids is 1. The molecule has 0 radical (unpaired) electrons. The van der Waals surface area contributed by atoms with Gasteiger partial charge in [0.05, 0.1) is 29.2 Å². The number of nitrogen functional groups attached to an aromatic ring is 1. The van der Waals surface area contributed by atoms with Crippen molar-refractivity contribution in [1.29, 1.82) is 0 Å². The van der Waals surface area contributed by atoms with Crippen LogP contribution in [0, 0.1) is 0 Å². The predicted molar refractivity (Wildman–Crippen MR) is 181 cm³/mol. The molecule has 3 heterocycles. The lowest BCUT2D eigenvalue weighted by atomic mass is 9.99. The molecule has 0 spiro atoms. The van der Waals surface area contributed by atoms with Crippen molar-refractivity contribution in [1.82, 2.24) is 14.8 Å². The van der Waals surface area contributed by atoms with Gasteiger partial charge in [-0.1, -0.05) is 48.2 Å². The average molecular weight is 641 g/mol. The van der Waals surface area contributed by atoms with E-state index < -0.39 is 5.97 Å². The van der Waals surface area contributed by atoms with Crippen molar-refractivity contribution in [2.24, 2.45) is 0 Å². The molecule has 2 aliphatic heterocycles. The fourth-order valence-corrected chi connectivity index (χ4v) is 6.64. The number of hydrogen-bond donors (Lipinski definition) is 2. The minimum Gasteiger partial charge on any atom is -0.492 e. The number of anilines is 1. The van der Waals surface area contributed by atoms with Gasteiger partial charge in [-0.2, -0.15) is 0 Å². The van der Waals surface area contributed by atoms with Crippen molar-refractivity contribution >= 4 is 62.8 Å². The zero-order chi connectivity index (χ0) is 31.3. The van der Waals surface area contributed by atoms with Crippen molar-refractivity contribution in [3.63, 3.8) is 0 Å². The van der Waals surface area contributed by atoms with E-state index in [4.69, 9.17) is 32.5 Å². The van der Waals surface area contributed by atoms with Gasteiger partial charge in [-0.3, -0.25) is 19.6 Å². The van der Waals surface area contributed by atoms with E-state index in [2.05, 4.69) is 9.88 Å². The Bertz CT molecular complexity index is 1790. The maximum atomic E-state index is 13.4. The number of aromatic nitrogens is 1. The highest BCUT2D eigenvalue weighted by atomic mass is 32.2. The largest absolute Gasteiger partial charge is 0.492 e. The van der Waals surface area contributed by atoms with E-state index in [1.807, 2.05) is 42.5 Å². The van der Waals surface area contributed by atoms with Crippen LogP contribution in [0.1, 0.15) is 21.5 Å². The quantitative estimate of drug-likeness (QED) is 0.174. The van der Waals surface area contributed by atoms with Crippen molar-refractivity contribution in [2.75, 3.05) is 51.7 Å². The summed E-state index contributed by atoms with van der Waals surface area (Å²) in [4.78, 5) is 33.4. The summed E-state index contributed by atoms with van der Waals surface area (Å²) in [5.74, 6) is -0.381. The molecule has 6 rings (SSSR count). The van der Waals surface area contributed by atoms with Gasteiger partial charge in [0.2, 0.25) is 0 Å². The van der Waals surface area contributed by atoms with Crippen LogP contribution in [0.5, 0.6) is 5.75 Å². The number of carboxylic acid groups (broad SMARTS) is 1. The average Bonchev–Trinajstić information content (AvgIpc) is 3.32. The number of carboxylic acids is 1. The van der Waals surface area contributed by atoms with E-state index in [0.717, 1.165) is 71.8 Å². The molecular weight excluding hydrogens is 609 g/mol. The van der Waals surface area contributed by atoms with E-state index in [1.54, 1.807) is 41.4 Å². The van der Waals surface area contributed by atoms with E-state index in [1.165, 1.54) is 11.8 Å². The Morgan fingerprint density at radius 3 is 2.64 bits per heavy atom. The van der Waals surface area contributed by atoms with E-state index in [9.17, 15) is 9.59 Å². The second-order valence-corrected chi connectivity index (χ2v) is 12.5. The fraction of sp³-hybridized carbons (Fsp3) is 0.235. The highest BCUT2D eigenvalue weighted by Gasteiger charge is 2.31. The third kappa shape index (κ3) is 7.18. The first-order valence-electron chi connectivity index (χ1n) is 14.6. The number of amides is 1. The Hall–Kier alpha value is -4.29. The molecule has 2 aliphatic rings. The number of nitrogens with zero attached hydrogens (tertiary/aromatic N) is 3. The molecule has 3 aromatic carbocycles. The maximum Gasteiger partial charge on any atom is 0.335 e. The first-order chi connectivity index (χ1) is 21.9. The Balaban J connectivity index is 1.23. The normalized spacial score (nSPS) is 16.5. The number of nitrogens with two attached hydrogens (primary N) is 1. The van der Waals surface area contributed by atoms with Gasteiger partial charge in [-0.05, 0) is 71.7 Å². The van der Waals surface area contributed by atoms with Crippen LogP contribution in [-0.2, 0) is 16.0 Å². The topological polar surface area (TPSA) is 118 Å². The monoisotopic (exact) mass is 640 g/mol. The van der Waals surface area contributed by atoms with Crippen molar-refractivity contribution < 1.29 is 24.2 Å². The Morgan fingerprint density at radius 2 is 1.87 bits per heavy atom. The summed E-state index contributed by atoms with van der Waals surface area (Å²) in [7, 11) is 0. The Kier molecular flexibility index (Phi) is 9.41. The maximum absolute atomic E-state index is 13.4. The van der Waals surface area contributed by atoms with Crippen LogP contribution in [0.25, 0.3) is 28.1 Å². The van der Waals surface area contributed by atoms with Gasteiger partial charge in [0.25, 0.3) is 5.91 Å². The van der Waals surface area contributed by atoms with Crippen LogP contribution < -0.4 is 10.5 Å². The predicted octanol–water partition coefficient (Wildman–Crippen LogP) is 5.34. The standard InChI is InChI=1S/C34H32N4O5S2/c35-28-9-11-36-29-7-6-25(21-27(28)29)26-19-23(3-8-30(26)43-18-15-37-13-16-42-17-14-37)20-31-32(39)38(34(44)45-31)12-10-22-1-4-24(5-2-22)33(40)41/h1-9,11,19-21H,10,12-18H2,(H2,35,36)(H,40,41). The van der Waals surface area contributed by atoms with Gasteiger partial charge >= 0.3 is 5.97 Å². The lowest BCUT2D eigenvalue weighted by Gasteiger charge is -2.26. The summed E-state index contributed by atoms with van der Waals surface area (Å²) in [6.07, 6.45) is 4.11. The number of ether oxygens (including phenoxy) is 2. The molecule has 2 fully saturated rings. The summed E-state index contributed by atoms with van der Waals surface area (Å²) in [6, 6.07) is 20.3. The SMILES string of the molecule is Nc1ccnc2ccc(-c3cc(C=C4SC(=S)N(CCc5ccc(C(=O)O)cc5)C4=O)ccc3OCCN3CCOCC3)cc12. The smallest absolute Gasteiger partial charge is 0.335 e. The molecule has 1 amide bonds. The zero-order valence-corrected chi connectivity index (χ0v) is 26.1. The number of hydrogen-bond acceptors (Lipinski definition) is 9. The van der Waals surface area contributed by atoms with Gasteiger partial charge in [0.15, 0.2) is 0 Å². The van der Waals surface area contributed by atoms with Crippen LogP contribution in [0.15, 0.2) is 77.8 Å². The van der Waals surface area contributed by atoms with Crippen molar-refractivity contribution in [2.45, 2.75) is 6.42 Å². The van der Waals surface area contributed by atoms with Gasteiger partial charge in [-0.15, -0.1) is 0 Å². The molecular formula is C34H32N4O5S2. The molecule has 1 aromatic heterocycles. The minimum absolute atomic E-state index is 0.149. The number of fused-ring (bicyclic) bond motifs is 1. The van der Waals surface area contributed by atoms with Crippen LogP contribution in [-0.4, -0.2) is 82.1 Å². The molecule has 11 heteroatoms. The molecule has 45 heavy (non-hydrogen) atoms. The highest BCUT2D eigenvalue weighted by molar-refractivity contribution is 8.26. The number of thioether (sulfide) groups is 1. The third-order valence-electron chi connectivity index (χ3n) is 7.86. The van der Waals surface area contributed by atoms with Crippen LogP contribution in [0.2, 0.25) is 0 Å². The number of aromatic carboxylic acids is 1. The first-order valence-corrected chi connectivity index (χ1v) is 15.9. The van der Waals surface area contributed by atoms with Gasteiger partial charge in [-0.25, -0.2) is 4.79 Å². The van der Waals surface area contributed by atoms with Gasteiger partial charge < -0.3 is 20.3 Å². The molecule has 2 saturated heterocycles. The van der Waals surface area contributed by atoms with Gasteiger partial charge in [0.1, 0.15) is 16.7 Å². The molecule has 3 N–H and O–H groups in total. The van der Waals surface area contributed by atoms with Crippen molar-refractivity contribution in [3.05, 3.63) is 94.5 Å². The number of pyridine rings is 1. The van der Waals surface area contributed by atoms with E-state index in [0.29, 0.717) is 34.5 Å². The Morgan fingerprint density at radius 1 is 1.07 bits per heavy atom. The molecule has 4 aromatic rings. The molecule has 0 atom stereocenters. The highest BCUT2D eigenvalue weighted by Crippen LogP contribution is 2.37. The van der Waals surface area contributed by atoms with Crippen LogP contribution in [0.4, 0.5) is 5.69 Å². The van der Waals surface area contributed by atoms with Gasteiger partial charge in [0, 0.05) is 49.0 Å². The van der Waals surface area contributed by atoms with Crippen LogP contribution in [0.3, 0.4) is 0 Å². The lowest BCUT2D eigenvalue weighted by molar-refractivity contribution is -0.122. The second-order valence-electron chi connectivity index (χ2n) is 10.8. The van der Waals surface area contributed by atoms with Crippen molar-refractivity contribution in [3.8, 4) is 16.9 Å². The lowest BCUT2D eigenvalue weighted by Crippen LogP contribution is -2.38. The van der Waals surface area contributed by atoms with Crippen LogP contribution >= 0.6 is 24.0 Å². The molecule has 0 bridgehead atoms. The molecule has 0 aliphatic carbocycles. The summed E-state index contributed by atoms with van der Waals surface area (Å²) >= 11 is 6.84. The number of carbonyl (C=O) groups is 2. The summed E-state index contributed by atoms with van der Waals surface area (Å²) < 4.78 is 12.3. The van der Waals surface area contributed by atoms with E-state index >= 15 is 0 Å². The number of morpholine rings is 1. The summed E-state index contributed by atoms with van der Waals surface area (Å²) in [6.45, 7) is 4.98. The zero-order valence-electron chi connectivity index (χ0n) is 24.5. The number of benzene rings is 3. The second kappa shape index (κ2) is 13.8. The minimum atomic E-state index is -0.971. The fourth-order valence-electron chi connectivity index (χ4n) is 5.33. The first kappa shape index (κ1) is 30.7.